The number of benzene rings is 1. The molecular formula is C19H26N4OS. The van der Waals surface area contributed by atoms with Gasteiger partial charge in [-0.15, -0.1) is 0 Å². The lowest BCUT2D eigenvalue weighted by Crippen LogP contribution is -2.24. The Bertz CT molecular complexity index is 793. The average Bonchev–Trinajstić information content (AvgIpc) is 3.19. The summed E-state index contributed by atoms with van der Waals surface area (Å²) < 4.78 is 6.27. The van der Waals surface area contributed by atoms with Gasteiger partial charge in [0.25, 0.3) is 0 Å². The zero-order chi connectivity index (χ0) is 18.0. The largest absolute Gasteiger partial charge is 0.488 e. The van der Waals surface area contributed by atoms with Gasteiger partial charge in [-0.2, -0.15) is 5.26 Å². The van der Waals surface area contributed by atoms with E-state index in [-0.39, 0.29) is 10.9 Å². The van der Waals surface area contributed by atoms with Crippen LogP contribution < -0.4 is 4.74 Å². The van der Waals surface area contributed by atoms with Gasteiger partial charge in [-0.05, 0) is 25.5 Å². The third-order valence-electron chi connectivity index (χ3n) is 4.88. The molecular weight excluding hydrogens is 332 g/mol. The van der Waals surface area contributed by atoms with Gasteiger partial charge in [0.05, 0.1) is 16.6 Å². The van der Waals surface area contributed by atoms with Gasteiger partial charge in [0.15, 0.2) is 5.16 Å². The number of thioether (sulfide) groups is 1. The fraction of sp³-hybridized carbons (Fsp3) is 0.579. The molecule has 0 spiro atoms. The van der Waals surface area contributed by atoms with Crippen LogP contribution in [0.3, 0.4) is 0 Å². The van der Waals surface area contributed by atoms with Crippen LogP contribution in [0.1, 0.15) is 46.1 Å². The number of hydrogen-bond donors (Lipinski definition) is 1. The van der Waals surface area contributed by atoms with Crippen molar-refractivity contribution < 1.29 is 4.74 Å². The number of H-pyrrole nitrogens is 1. The predicted octanol–water partition coefficient (Wildman–Crippen LogP) is 4.19. The number of likely N-dealkylation sites (N-methyl/N-ethyl adjacent to an activating group) is 1. The highest BCUT2D eigenvalue weighted by Gasteiger charge is 2.24. The van der Waals surface area contributed by atoms with Crippen LogP contribution in [-0.4, -0.2) is 45.4 Å². The third kappa shape index (κ3) is 4.10. The van der Waals surface area contributed by atoms with Crippen LogP contribution in [0.2, 0.25) is 0 Å². The Morgan fingerprint density at radius 1 is 1.44 bits per heavy atom. The number of fused-ring (bicyclic) bond motifs is 1. The average molecular weight is 359 g/mol. The number of nitrogens with zero attached hydrogens (tertiary/aromatic N) is 3. The summed E-state index contributed by atoms with van der Waals surface area (Å²) >= 11 is 1.73. The SMILES string of the molecule is CCN1CC[C@H](Oc2cc3[nH]c(SC(C)(C)CC)nc3cc2C#N)C1. The Kier molecular flexibility index (Phi) is 5.26. The second-order valence-electron chi connectivity index (χ2n) is 7.16. The predicted molar refractivity (Wildman–Crippen MR) is 102 cm³/mol. The molecule has 6 heteroatoms. The molecule has 25 heavy (non-hydrogen) atoms. The number of ether oxygens (including phenoxy) is 1. The lowest BCUT2D eigenvalue weighted by atomic mass is 10.1. The quantitative estimate of drug-likeness (QED) is 0.785. The van der Waals surface area contributed by atoms with Crippen molar-refractivity contribution in [3.63, 3.8) is 0 Å². The van der Waals surface area contributed by atoms with Crippen LogP contribution in [0.5, 0.6) is 5.75 Å². The highest BCUT2D eigenvalue weighted by Crippen LogP contribution is 2.35. The maximum absolute atomic E-state index is 9.50. The molecule has 0 bridgehead atoms. The van der Waals surface area contributed by atoms with E-state index in [9.17, 15) is 5.26 Å². The molecule has 1 aliphatic heterocycles. The van der Waals surface area contributed by atoms with Gasteiger partial charge in [-0.3, -0.25) is 4.90 Å². The van der Waals surface area contributed by atoms with Crippen molar-refractivity contribution in [3.05, 3.63) is 17.7 Å². The highest BCUT2D eigenvalue weighted by atomic mass is 32.2. The minimum Gasteiger partial charge on any atom is -0.488 e. The molecule has 2 aromatic rings. The number of aromatic nitrogens is 2. The van der Waals surface area contributed by atoms with E-state index in [4.69, 9.17) is 4.74 Å². The molecule has 1 fully saturated rings. The Labute approximate surface area is 153 Å². The van der Waals surface area contributed by atoms with Crippen LogP contribution in [0.25, 0.3) is 11.0 Å². The van der Waals surface area contributed by atoms with Crippen LogP contribution in [0.15, 0.2) is 17.3 Å². The van der Waals surface area contributed by atoms with Crippen LogP contribution in [0.4, 0.5) is 0 Å². The van der Waals surface area contributed by atoms with Crippen molar-refractivity contribution in [1.29, 1.82) is 5.26 Å². The van der Waals surface area contributed by atoms with Crippen molar-refractivity contribution in [3.8, 4) is 11.8 Å². The van der Waals surface area contributed by atoms with E-state index in [1.165, 1.54) is 0 Å². The van der Waals surface area contributed by atoms with Crippen LogP contribution in [0, 0.1) is 11.3 Å². The molecule has 0 amide bonds. The van der Waals surface area contributed by atoms with Crippen LogP contribution >= 0.6 is 11.8 Å². The summed E-state index contributed by atoms with van der Waals surface area (Å²) in [6.07, 6.45) is 2.22. The summed E-state index contributed by atoms with van der Waals surface area (Å²) in [5.74, 6) is 0.660. The number of aromatic amines is 1. The summed E-state index contributed by atoms with van der Waals surface area (Å²) in [5.41, 5.74) is 2.30. The molecule has 1 aromatic heterocycles. The van der Waals surface area contributed by atoms with E-state index >= 15 is 0 Å². The molecule has 1 aromatic carbocycles. The van der Waals surface area contributed by atoms with E-state index in [0.29, 0.717) is 11.3 Å². The lowest BCUT2D eigenvalue weighted by Gasteiger charge is -2.19. The first-order valence-electron chi connectivity index (χ1n) is 8.96. The van der Waals surface area contributed by atoms with Gasteiger partial charge in [0, 0.05) is 23.9 Å². The third-order valence-corrected chi connectivity index (χ3v) is 6.10. The second-order valence-corrected chi connectivity index (χ2v) is 8.85. The molecule has 1 atom stereocenters. The van der Waals surface area contributed by atoms with Crippen molar-refractivity contribution >= 4 is 22.8 Å². The first kappa shape index (κ1) is 18.1. The number of nitriles is 1. The number of hydrogen-bond acceptors (Lipinski definition) is 5. The van der Waals surface area contributed by atoms with Crippen molar-refractivity contribution in [1.82, 2.24) is 14.9 Å². The minimum atomic E-state index is 0.124. The van der Waals surface area contributed by atoms with Gasteiger partial charge in [-0.25, -0.2) is 4.98 Å². The topological polar surface area (TPSA) is 64.9 Å². The standard InChI is InChI=1S/C19H26N4OS/c1-5-19(3,4)25-18-21-15-9-13(11-20)17(10-16(15)22-18)24-14-7-8-23(6-2)12-14/h9-10,14H,5-8,12H2,1-4H3,(H,21,22)/t14-/m0/s1. The maximum atomic E-state index is 9.50. The highest BCUT2D eigenvalue weighted by molar-refractivity contribution is 8.00. The number of rotatable bonds is 6. The van der Waals surface area contributed by atoms with Gasteiger partial charge in [0.2, 0.25) is 0 Å². The summed E-state index contributed by atoms with van der Waals surface area (Å²) in [7, 11) is 0. The summed E-state index contributed by atoms with van der Waals surface area (Å²) in [6, 6.07) is 6.02. The molecule has 3 rings (SSSR count). The molecule has 0 unspecified atom stereocenters. The van der Waals surface area contributed by atoms with Gasteiger partial charge in [0.1, 0.15) is 17.9 Å². The van der Waals surface area contributed by atoms with Crippen LogP contribution in [-0.2, 0) is 0 Å². The zero-order valence-corrected chi connectivity index (χ0v) is 16.2. The molecule has 0 aliphatic carbocycles. The van der Waals surface area contributed by atoms with Gasteiger partial charge in [-0.1, -0.05) is 39.5 Å². The van der Waals surface area contributed by atoms with E-state index < -0.39 is 0 Å². The Balaban J connectivity index is 1.85. The lowest BCUT2D eigenvalue weighted by molar-refractivity contribution is 0.202. The molecule has 1 saturated heterocycles. The summed E-state index contributed by atoms with van der Waals surface area (Å²) in [5, 5.41) is 10.4. The number of likely N-dealkylation sites (tertiary alicyclic amines) is 1. The van der Waals surface area contributed by atoms with E-state index in [0.717, 1.165) is 48.7 Å². The molecule has 134 valence electrons. The fourth-order valence-electron chi connectivity index (χ4n) is 2.94. The van der Waals surface area contributed by atoms with E-state index in [1.807, 2.05) is 12.1 Å². The molecule has 0 radical (unpaired) electrons. The Morgan fingerprint density at radius 2 is 2.24 bits per heavy atom. The minimum absolute atomic E-state index is 0.124. The van der Waals surface area contributed by atoms with Gasteiger partial charge >= 0.3 is 0 Å². The molecule has 1 N–H and O–H groups in total. The molecule has 0 saturated carbocycles. The smallest absolute Gasteiger partial charge is 0.166 e. The molecule has 1 aliphatic rings. The number of imidazole rings is 1. The van der Waals surface area contributed by atoms with E-state index in [2.05, 4.69) is 48.6 Å². The number of nitrogens with one attached hydrogen (secondary N) is 1. The molecule has 5 nitrogen and oxygen atoms in total. The Morgan fingerprint density at radius 3 is 2.88 bits per heavy atom. The van der Waals surface area contributed by atoms with Crippen molar-refractivity contribution in [2.45, 2.75) is 56.5 Å². The Hall–Kier alpha value is -1.71. The fourth-order valence-corrected chi connectivity index (χ4v) is 3.91. The second kappa shape index (κ2) is 7.27. The monoisotopic (exact) mass is 358 g/mol. The zero-order valence-electron chi connectivity index (χ0n) is 15.4. The summed E-state index contributed by atoms with van der Waals surface area (Å²) in [4.78, 5) is 10.4. The van der Waals surface area contributed by atoms with Gasteiger partial charge < -0.3 is 9.72 Å². The maximum Gasteiger partial charge on any atom is 0.166 e. The first-order chi connectivity index (χ1) is 11.9. The first-order valence-corrected chi connectivity index (χ1v) is 9.77. The normalized spacial score (nSPS) is 18.6. The van der Waals surface area contributed by atoms with E-state index in [1.54, 1.807) is 11.8 Å². The van der Waals surface area contributed by atoms with Crippen molar-refractivity contribution in [2.75, 3.05) is 19.6 Å². The molecule has 2 heterocycles. The van der Waals surface area contributed by atoms with Crippen molar-refractivity contribution in [2.24, 2.45) is 0 Å². The summed E-state index contributed by atoms with van der Waals surface area (Å²) in [6.45, 7) is 11.8.